The molecule has 116 valence electrons. The standard InChI is InChI=1S/C15H21NO4S/c17-14-12-7-9-5-10(8-11(6-9)19-14)13(12)20-15(18)16-1-3-21-4-2-16/h9-13H,1-8H2. The maximum absolute atomic E-state index is 12.4. The molecule has 0 aromatic rings. The number of carbonyl (C=O) groups is 2. The molecule has 5 aliphatic rings. The van der Waals surface area contributed by atoms with E-state index in [0.29, 0.717) is 11.8 Å². The predicted molar refractivity (Wildman–Crippen MR) is 78.0 cm³/mol. The van der Waals surface area contributed by atoms with Gasteiger partial charge in [-0.1, -0.05) is 0 Å². The van der Waals surface area contributed by atoms with Crippen molar-refractivity contribution < 1.29 is 19.1 Å². The van der Waals surface area contributed by atoms with E-state index in [1.54, 1.807) is 4.90 Å². The summed E-state index contributed by atoms with van der Waals surface area (Å²) in [6, 6.07) is 0. The Kier molecular flexibility index (Phi) is 3.52. The molecule has 0 aromatic heterocycles. The Morgan fingerprint density at radius 1 is 1.19 bits per heavy atom. The highest BCUT2D eigenvalue weighted by Crippen LogP contribution is 2.48. The van der Waals surface area contributed by atoms with Crippen LogP contribution in [0.15, 0.2) is 0 Å². The van der Waals surface area contributed by atoms with Crippen molar-refractivity contribution in [2.75, 3.05) is 24.6 Å². The minimum absolute atomic E-state index is 0.0568. The van der Waals surface area contributed by atoms with Crippen LogP contribution in [0.2, 0.25) is 0 Å². The SMILES string of the molecule is O=C1OC2CC3CC(C2)C(OC(=O)N2CCSCC2)C1C3. The van der Waals surface area contributed by atoms with Crippen LogP contribution in [0.3, 0.4) is 0 Å². The van der Waals surface area contributed by atoms with E-state index < -0.39 is 0 Å². The quantitative estimate of drug-likeness (QED) is 0.692. The monoisotopic (exact) mass is 311 g/mol. The smallest absolute Gasteiger partial charge is 0.410 e. The summed E-state index contributed by atoms with van der Waals surface area (Å²) in [6.45, 7) is 1.50. The molecule has 5 rings (SSSR count). The molecule has 21 heavy (non-hydrogen) atoms. The molecule has 3 heterocycles. The molecular formula is C15H21NO4S. The fourth-order valence-electron chi connectivity index (χ4n) is 4.40. The zero-order valence-electron chi connectivity index (χ0n) is 12.0. The first-order valence-corrected chi connectivity index (χ1v) is 9.10. The fraction of sp³-hybridized carbons (Fsp3) is 0.867. The highest BCUT2D eigenvalue weighted by atomic mass is 32.2. The molecule has 5 unspecified atom stereocenters. The Labute approximate surface area is 128 Å². The van der Waals surface area contributed by atoms with Crippen LogP contribution in [0.25, 0.3) is 0 Å². The Hall–Kier alpha value is -0.910. The Morgan fingerprint density at radius 3 is 2.81 bits per heavy atom. The van der Waals surface area contributed by atoms with Crippen LogP contribution < -0.4 is 0 Å². The second-order valence-electron chi connectivity index (χ2n) is 6.68. The highest BCUT2D eigenvalue weighted by Gasteiger charge is 2.52. The number of hydrogen-bond donors (Lipinski definition) is 0. The van der Waals surface area contributed by atoms with E-state index in [4.69, 9.17) is 9.47 Å². The maximum atomic E-state index is 12.4. The average molecular weight is 311 g/mol. The van der Waals surface area contributed by atoms with Gasteiger partial charge in [-0.25, -0.2) is 4.79 Å². The lowest BCUT2D eigenvalue weighted by Gasteiger charge is -2.41. The van der Waals surface area contributed by atoms with Gasteiger partial charge >= 0.3 is 12.1 Å². The van der Waals surface area contributed by atoms with Crippen molar-refractivity contribution in [2.45, 2.75) is 37.9 Å². The number of amides is 1. The molecule has 4 bridgehead atoms. The molecule has 5 fully saturated rings. The topological polar surface area (TPSA) is 55.8 Å². The van der Waals surface area contributed by atoms with Crippen molar-refractivity contribution in [2.24, 2.45) is 17.8 Å². The molecule has 2 saturated carbocycles. The van der Waals surface area contributed by atoms with E-state index in [1.165, 1.54) is 0 Å². The zero-order chi connectivity index (χ0) is 14.4. The second-order valence-corrected chi connectivity index (χ2v) is 7.91. The number of thioether (sulfide) groups is 1. The van der Waals surface area contributed by atoms with Crippen LogP contribution in [0.5, 0.6) is 0 Å². The fourth-order valence-corrected chi connectivity index (χ4v) is 5.31. The highest BCUT2D eigenvalue weighted by molar-refractivity contribution is 7.99. The Morgan fingerprint density at radius 2 is 2.00 bits per heavy atom. The first kappa shape index (κ1) is 13.7. The summed E-state index contributed by atoms with van der Waals surface area (Å²) in [4.78, 5) is 26.3. The van der Waals surface area contributed by atoms with Gasteiger partial charge < -0.3 is 14.4 Å². The van der Waals surface area contributed by atoms with Gasteiger partial charge in [0.25, 0.3) is 0 Å². The molecular weight excluding hydrogens is 290 g/mol. The predicted octanol–water partition coefficient (Wildman–Crippen LogP) is 1.90. The van der Waals surface area contributed by atoms with Gasteiger partial charge in [0.2, 0.25) is 0 Å². The van der Waals surface area contributed by atoms with Crippen molar-refractivity contribution in [3.63, 3.8) is 0 Å². The lowest BCUT2D eigenvalue weighted by molar-refractivity contribution is -0.153. The van der Waals surface area contributed by atoms with Gasteiger partial charge in [0, 0.05) is 30.5 Å². The number of carbonyl (C=O) groups excluding carboxylic acids is 2. The molecule has 5 atom stereocenters. The van der Waals surface area contributed by atoms with Crippen LogP contribution in [0, 0.1) is 17.8 Å². The largest absolute Gasteiger partial charge is 0.462 e. The summed E-state index contributed by atoms with van der Waals surface area (Å²) >= 11 is 1.87. The minimum Gasteiger partial charge on any atom is -0.462 e. The summed E-state index contributed by atoms with van der Waals surface area (Å²) in [5, 5.41) is 0. The van der Waals surface area contributed by atoms with Crippen LogP contribution in [-0.4, -0.2) is 53.8 Å². The van der Waals surface area contributed by atoms with Gasteiger partial charge in [-0.15, -0.1) is 0 Å². The maximum Gasteiger partial charge on any atom is 0.410 e. The molecule has 5 nitrogen and oxygen atoms in total. The van der Waals surface area contributed by atoms with Crippen LogP contribution in [0.1, 0.15) is 25.7 Å². The van der Waals surface area contributed by atoms with Crippen molar-refractivity contribution in [1.29, 1.82) is 0 Å². The molecule has 0 radical (unpaired) electrons. The Balaban J connectivity index is 1.49. The van der Waals surface area contributed by atoms with Gasteiger partial charge in [-0.3, -0.25) is 4.79 Å². The van der Waals surface area contributed by atoms with Gasteiger partial charge in [-0.05, 0) is 31.6 Å². The van der Waals surface area contributed by atoms with Crippen molar-refractivity contribution in [3.05, 3.63) is 0 Å². The van der Waals surface area contributed by atoms with E-state index >= 15 is 0 Å². The van der Waals surface area contributed by atoms with Crippen LogP contribution >= 0.6 is 11.8 Å². The summed E-state index contributed by atoms with van der Waals surface area (Å²) in [5.74, 6) is 2.45. The van der Waals surface area contributed by atoms with E-state index in [2.05, 4.69) is 0 Å². The number of rotatable bonds is 1. The van der Waals surface area contributed by atoms with Gasteiger partial charge in [-0.2, -0.15) is 11.8 Å². The first-order chi connectivity index (χ1) is 10.2. The molecule has 2 aliphatic carbocycles. The molecule has 0 spiro atoms. The number of ether oxygens (including phenoxy) is 2. The number of nitrogens with zero attached hydrogens (tertiary/aromatic N) is 1. The summed E-state index contributed by atoms with van der Waals surface area (Å²) in [5.41, 5.74) is 0. The summed E-state index contributed by atoms with van der Waals surface area (Å²) in [6.07, 6.45) is 3.34. The lowest BCUT2D eigenvalue weighted by atomic mass is 9.66. The molecule has 6 heteroatoms. The van der Waals surface area contributed by atoms with Crippen molar-refractivity contribution >= 4 is 23.8 Å². The van der Waals surface area contributed by atoms with E-state index in [0.717, 1.165) is 50.3 Å². The van der Waals surface area contributed by atoms with Crippen LogP contribution in [-0.2, 0) is 14.3 Å². The van der Waals surface area contributed by atoms with Gasteiger partial charge in [0.05, 0.1) is 5.92 Å². The number of fused-ring (bicyclic) bond motifs is 1. The normalized spacial score (nSPS) is 41.6. The lowest BCUT2D eigenvalue weighted by Crippen LogP contribution is -2.47. The summed E-state index contributed by atoms with van der Waals surface area (Å²) in [7, 11) is 0. The second kappa shape index (κ2) is 5.38. The van der Waals surface area contributed by atoms with E-state index in [9.17, 15) is 9.59 Å². The van der Waals surface area contributed by atoms with Gasteiger partial charge in [0.15, 0.2) is 0 Å². The summed E-state index contributed by atoms with van der Waals surface area (Å²) < 4.78 is 11.3. The zero-order valence-corrected chi connectivity index (χ0v) is 12.8. The number of esters is 1. The average Bonchev–Trinajstić information content (AvgIpc) is 2.65. The third-order valence-electron chi connectivity index (χ3n) is 5.34. The number of hydrogen-bond acceptors (Lipinski definition) is 5. The minimum atomic E-state index is -0.263. The van der Waals surface area contributed by atoms with Gasteiger partial charge in [0.1, 0.15) is 12.2 Å². The third kappa shape index (κ3) is 2.51. The van der Waals surface area contributed by atoms with Crippen molar-refractivity contribution in [1.82, 2.24) is 4.90 Å². The van der Waals surface area contributed by atoms with E-state index in [1.807, 2.05) is 11.8 Å². The Bertz CT molecular complexity index is 451. The van der Waals surface area contributed by atoms with E-state index in [-0.39, 0.29) is 30.2 Å². The molecule has 3 saturated heterocycles. The third-order valence-corrected chi connectivity index (χ3v) is 6.28. The molecule has 1 amide bonds. The van der Waals surface area contributed by atoms with Crippen molar-refractivity contribution in [3.8, 4) is 0 Å². The molecule has 3 aliphatic heterocycles. The first-order valence-electron chi connectivity index (χ1n) is 7.94. The molecule has 0 N–H and O–H groups in total. The van der Waals surface area contributed by atoms with Crippen LogP contribution in [0.4, 0.5) is 4.79 Å². The molecule has 0 aromatic carbocycles.